The molecular formula is C22H30Cl2N4O3. The zero-order valence-electron chi connectivity index (χ0n) is 17.6. The first kappa shape index (κ1) is 25.2. The first-order valence-corrected chi connectivity index (χ1v) is 10.3. The number of amides is 1. The molecule has 31 heavy (non-hydrogen) atoms. The Morgan fingerprint density at radius 3 is 2.55 bits per heavy atom. The maximum Gasteiger partial charge on any atom is 0.263 e. The van der Waals surface area contributed by atoms with Crippen molar-refractivity contribution < 1.29 is 9.53 Å². The van der Waals surface area contributed by atoms with Crippen LogP contribution in [0.3, 0.4) is 0 Å². The van der Waals surface area contributed by atoms with Crippen molar-refractivity contribution in [1.82, 2.24) is 9.88 Å². The maximum atomic E-state index is 13.1. The predicted molar refractivity (Wildman–Crippen MR) is 129 cm³/mol. The molecule has 0 aliphatic carbocycles. The Hall–Kier alpha value is -2.06. The molecular weight excluding hydrogens is 439 g/mol. The highest BCUT2D eigenvalue weighted by Crippen LogP contribution is 2.22. The molecule has 2 saturated heterocycles. The highest BCUT2D eigenvalue weighted by atomic mass is 35.5. The molecule has 9 heteroatoms. The first-order valence-electron chi connectivity index (χ1n) is 10.3. The number of ether oxygens (including phenoxy) is 1. The summed E-state index contributed by atoms with van der Waals surface area (Å²) in [7, 11) is 0. The number of hydrogen-bond acceptors (Lipinski definition) is 5. The lowest BCUT2D eigenvalue weighted by Crippen LogP contribution is -2.37. The third-order valence-corrected chi connectivity index (χ3v) is 5.74. The number of benzene rings is 1. The zero-order valence-corrected chi connectivity index (χ0v) is 19.3. The molecule has 2 aromatic rings. The van der Waals surface area contributed by atoms with Gasteiger partial charge in [-0.05, 0) is 62.7 Å². The van der Waals surface area contributed by atoms with Crippen molar-refractivity contribution >= 4 is 42.1 Å². The molecule has 1 aromatic carbocycles. The van der Waals surface area contributed by atoms with Crippen molar-refractivity contribution in [2.24, 2.45) is 0 Å². The molecule has 7 nitrogen and oxygen atoms in total. The van der Waals surface area contributed by atoms with Gasteiger partial charge in [-0.3, -0.25) is 9.59 Å². The first-order chi connectivity index (χ1) is 14.1. The van der Waals surface area contributed by atoms with E-state index in [0.717, 1.165) is 44.7 Å². The van der Waals surface area contributed by atoms with Gasteiger partial charge in [0.15, 0.2) is 0 Å². The second kappa shape index (κ2) is 11.5. The Morgan fingerprint density at radius 1 is 1.13 bits per heavy atom. The molecule has 0 bridgehead atoms. The summed E-state index contributed by atoms with van der Waals surface area (Å²) in [5.41, 5.74) is 2.45. The fraction of sp³-hybridized carbons (Fsp3) is 0.455. The molecule has 0 radical (unpaired) electrons. The Labute approximate surface area is 195 Å². The van der Waals surface area contributed by atoms with E-state index in [-0.39, 0.29) is 47.9 Å². The Kier molecular flexibility index (Phi) is 9.37. The normalized spacial score (nSPS) is 16.7. The number of carbonyl (C=O) groups is 1. The van der Waals surface area contributed by atoms with E-state index in [1.165, 1.54) is 0 Å². The van der Waals surface area contributed by atoms with Crippen LogP contribution in [0.15, 0.2) is 41.3 Å². The van der Waals surface area contributed by atoms with Crippen molar-refractivity contribution in [3.8, 4) is 0 Å². The van der Waals surface area contributed by atoms with Gasteiger partial charge in [0.05, 0.1) is 13.2 Å². The second-order valence-corrected chi connectivity index (χ2v) is 7.67. The van der Waals surface area contributed by atoms with Crippen LogP contribution in [-0.2, 0) is 4.74 Å². The molecule has 2 aliphatic heterocycles. The SMILES string of the molecule is Cc1ccn(C2CCNCC2)c(=O)c1C(=O)Nc1cccc(N2CCOCC2)c1.Cl.Cl. The lowest BCUT2D eigenvalue weighted by molar-refractivity contribution is 0.102. The van der Waals surface area contributed by atoms with E-state index in [1.807, 2.05) is 43.5 Å². The molecule has 2 N–H and O–H groups in total. The molecule has 3 heterocycles. The Bertz CT molecular complexity index is 939. The van der Waals surface area contributed by atoms with Gasteiger partial charge in [-0.15, -0.1) is 24.8 Å². The van der Waals surface area contributed by atoms with Crippen LogP contribution < -0.4 is 21.1 Å². The highest BCUT2D eigenvalue weighted by molar-refractivity contribution is 6.05. The average molecular weight is 469 g/mol. The highest BCUT2D eigenvalue weighted by Gasteiger charge is 2.21. The van der Waals surface area contributed by atoms with Crippen molar-refractivity contribution in [1.29, 1.82) is 0 Å². The molecule has 0 atom stereocenters. The third-order valence-electron chi connectivity index (χ3n) is 5.74. The molecule has 0 unspecified atom stereocenters. The minimum absolute atomic E-state index is 0. The average Bonchev–Trinajstić information content (AvgIpc) is 2.75. The lowest BCUT2D eigenvalue weighted by atomic mass is 10.0. The summed E-state index contributed by atoms with van der Waals surface area (Å²) in [4.78, 5) is 28.3. The number of pyridine rings is 1. The van der Waals surface area contributed by atoms with Gasteiger partial charge < -0.3 is 24.8 Å². The van der Waals surface area contributed by atoms with E-state index in [2.05, 4.69) is 15.5 Å². The van der Waals surface area contributed by atoms with Gasteiger partial charge in [-0.2, -0.15) is 0 Å². The Morgan fingerprint density at radius 2 is 1.84 bits per heavy atom. The van der Waals surface area contributed by atoms with Crippen molar-refractivity contribution in [3.63, 3.8) is 0 Å². The van der Waals surface area contributed by atoms with E-state index in [1.54, 1.807) is 4.57 Å². The summed E-state index contributed by atoms with van der Waals surface area (Å²) in [6.45, 7) is 6.66. The molecule has 0 spiro atoms. The molecule has 1 aromatic heterocycles. The number of carbonyl (C=O) groups excluding carboxylic acids is 1. The van der Waals surface area contributed by atoms with Gasteiger partial charge in [0.25, 0.3) is 11.5 Å². The molecule has 0 saturated carbocycles. The van der Waals surface area contributed by atoms with Crippen LogP contribution in [0.4, 0.5) is 11.4 Å². The summed E-state index contributed by atoms with van der Waals surface area (Å²) in [6, 6.07) is 9.76. The van der Waals surface area contributed by atoms with Gasteiger partial charge in [0.2, 0.25) is 0 Å². The van der Waals surface area contributed by atoms with Crippen LogP contribution >= 0.6 is 24.8 Å². The topological polar surface area (TPSA) is 75.6 Å². The van der Waals surface area contributed by atoms with Crippen LogP contribution in [-0.4, -0.2) is 49.9 Å². The van der Waals surface area contributed by atoms with E-state index < -0.39 is 0 Å². The Balaban J connectivity index is 0.00000171. The number of halogens is 2. The van der Waals surface area contributed by atoms with Crippen LogP contribution in [0.1, 0.15) is 34.8 Å². The minimum atomic E-state index is -0.352. The summed E-state index contributed by atoms with van der Waals surface area (Å²) in [6.07, 6.45) is 3.61. The largest absolute Gasteiger partial charge is 0.378 e. The number of piperidine rings is 1. The molecule has 2 aliphatic rings. The fourth-order valence-electron chi connectivity index (χ4n) is 4.09. The van der Waals surface area contributed by atoms with E-state index >= 15 is 0 Å². The van der Waals surface area contributed by atoms with E-state index in [4.69, 9.17) is 4.74 Å². The summed E-state index contributed by atoms with van der Waals surface area (Å²) in [5.74, 6) is -0.352. The van der Waals surface area contributed by atoms with Gasteiger partial charge in [0, 0.05) is 36.7 Å². The molecule has 1 amide bonds. The van der Waals surface area contributed by atoms with Crippen molar-refractivity contribution in [3.05, 3.63) is 58.0 Å². The smallest absolute Gasteiger partial charge is 0.263 e. The number of rotatable bonds is 4. The summed E-state index contributed by atoms with van der Waals surface area (Å²) < 4.78 is 7.14. The summed E-state index contributed by atoms with van der Waals surface area (Å²) >= 11 is 0. The molecule has 170 valence electrons. The van der Waals surface area contributed by atoms with Crippen molar-refractivity contribution in [2.75, 3.05) is 49.6 Å². The number of aryl methyl sites for hydroxylation is 1. The monoisotopic (exact) mass is 468 g/mol. The lowest BCUT2D eigenvalue weighted by Gasteiger charge is -2.29. The molecule has 4 rings (SSSR count). The van der Waals surface area contributed by atoms with Crippen LogP contribution in [0.25, 0.3) is 0 Å². The standard InChI is InChI=1S/C22H28N4O3.2ClH/c1-16-7-10-26(18-5-8-23-9-6-18)22(28)20(16)21(27)24-17-3-2-4-19(15-17)25-11-13-29-14-12-25;;/h2-4,7,10,15,18,23H,5-6,8-9,11-14H2,1H3,(H,24,27);2*1H. The van der Waals surface area contributed by atoms with Crippen LogP contribution in [0.5, 0.6) is 0 Å². The number of aromatic nitrogens is 1. The van der Waals surface area contributed by atoms with Gasteiger partial charge >= 0.3 is 0 Å². The van der Waals surface area contributed by atoms with Crippen LogP contribution in [0, 0.1) is 6.92 Å². The van der Waals surface area contributed by atoms with Gasteiger partial charge in [0.1, 0.15) is 5.56 Å². The minimum Gasteiger partial charge on any atom is -0.378 e. The number of hydrogen-bond donors (Lipinski definition) is 2. The third kappa shape index (κ3) is 5.80. The second-order valence-electron chi connectivity index (χ2n) is 7.67. The maximum absolute atomic E-state index is 13.1. The van der Waals surface area contributed by atoms with Gasteiger partial charge in [-0.25, -0.2) is 0 Å². The van der Waals surface area contributed by atoms with E-state index in [0.29, 0.717) is 24.5 Å². The fourth-order valence-corrected chi connectivity index (χ4v) is 4.09. The van der Waals surface area contributed by atoms with Crippen LogP contribution in [0.2, 0.25) is 0 Å². The quantitative estimate of drug-likeness (QED) is 0.720. The van der Waals surface area contributed by atoms with E-state index in [9.17, 15) is 9.59 Å². The summed E-state index contributed by atoms with van der Waals surface area (Å²) in [5, 5.41) is 6.24. The number of morpholine rings is 1. The molecule has 2 fully saturated rings. The number of nitrogens with zero attached hydrogens (tertiary/aromatic N) is 2. The number of nitrogens with one attached hydrogen (secondary N) is 2. The zero-order chi connectivity index (χ0) is 20.2. The van der Waals surface area contributed by atoms with Gasteiger partial charge in [-0.1, -0.05) is 6.07 Å². The predicted octanol–water partition coefficient (Wildman–Crippen LogP) is 3.01. The van der Waals surface area contributed by atoms with Crippen molar-refractivity contribution in [2.45, 2.75) is 25.8 Å². The number of anilines is 2.